The minimum Gasteiger partial charge on any atom is -0.380 e. The zero-order chi connectivity index (χ0) is 15.3. The normalized spacial score (nSPS) is 24.1. The second kappa shape index (κ2) is 9.27. The van der Waals surface area contributed by atoms with Crippen molar-refractivity contribution in [1.29, 1.82) is 0 Å². The van der Waals surface area contributed by atoms with Gasteiger partial charge in [0, 0.05) is 31.1 Å². The number of hydrogen-bond donors (Lipinski definition) is 1. The second-order valence-corrected chi connectivity index (χ2v) is 6.58. The van der Waals surface area contributed by atoms with Gasteiger partial charge in [-0.3, -0.25) is 9.89 Å². The van der Waals surface area contributed by atoms with E-state index >= 15 is 0 Å². The Kier molecular flexibility index (Phi) is 8.42. The highest BCUT2D eigenvalue weighted by Crippen LogP contribution is 2.26. The lowest BCUT2D eigenvalue weighted by molar-refractivity contribution is -0.0945. The van der Waals surface area contributed by atoms with Gasteiger partial charge < -0.3 is 15.0 Å². The number of rotatable bonds is 6. The van der Waals surface area contributed by atoms with Gasteiger partial charge in [0.2, 0.25) is 0 Å². The molecule has 1 unspecified atom stereocenters. The molecule has 1 atom stereocenters. The number of ether oxygens (including phenoxy) is 1. The van der Waals surface area contributed by atoms with E-state index in [1.54, 1.807) is 0 Å². The van der Waals surface area contributed by atoms with Crippen molar-refractivity contribution in [1.82, 2.24) is 15.1 Å². The maximum Gasteiger partial charge on any atom is 0.193 e. The molecule has 6 heteroatoms. The van der Waals surface area contributed by atoms with E-state index in [9.17, 15) is 0 Å². The molecule has 22 heavy (non-hydrogen) atoms. The van der Waals surface area contributed by atoms with Crippen LogP contribution in [-0.2, 0) is 4.74 Å². The van der Waals surface area contributed by atoms with E-state index in [0.29, 0.717) is 6.04 Å². The van der Waals surface area contributed by atoms with Crippen LogP contribution in [0.3, 0.4) is 0 Å². The van der Waals surface area contributed by atoms with E-state index in [0.717, 1.165) is 58.4 Å². The number of likely N-dealkylation sites (N-methyl/N-ethyl adjacent to an activating group) is 1. The molecule has 0 bridgehead atoms. The molecule has 1 N–H and O–H groups in total. The van der Waals surface area contributed by atoms with Crippen molar-refractivity contribution in [3.05, 3.63) is 0 Å². The molecule has 0 aliphatic carbocycles. The van der Waals surface area contributed by atoms with Crippen LogP contribution in [0.1, 0.15) is 34.1 Å². The summed E-state index contributed by atoms with van der Waals surface area (Å²) < 4.78 is 5.32. The summed E-state index contributed by atoms with van der Waals surface area (Å²) in [6.45, 7) is 16.9. The summed E-state index contributed by atoms with van der Waals surface area (Å²) in [5, 5.41) is 3.46. The third kappa shape index (κ3) is 4.96. The molecule has 2 heterocycles. The monoisotopic (exact) mass is 424 g/mol. The lowest BCUT2D eigenvalue weighted by Gasteiger charge is -2.37. The van der Waals surface area contributed by atoms with Gasteiger partial charge in [0.05, 0.1) is 19.8 Å². The van der Waals surface area contributed by atoms with Crippen LogP contribution in [0.25, 0.3) is 0 Å². The standard InChI is InChI=1S/C16H32N4O.HI/c1-5-17-15(18-11-16(4)12-21-13-16)20-9-8-14(10-20)19(6-2)7-3;/h14H,5-13H2,1-4H3,(H,17,18);1H. The molecule has 2 aliphatic heterocycles. The van der Waals surface area contributed by atoms with Crippen LogP contribution in [0.4, 0.5) is 0 Å². The van der Waals surface area contributed by atoms with Crippen LogP contribution in [0.5, 0.6) is 0 Å². The molecule has 2 fully saturated rings. The molecular weight excluding hydrogens is 391 g/mol. The van der Waals surface area contributed by atoms with Crippen molar-refractivity contribution in [2.24, 2.45) is 10.4 Å². The molecule has 5 nitrogen and oxygen atoms in total. The highest BCUT2D eigenvalue weighted by atomic mass is 127. The molecule has 0 saturated carbocycles. The molecule has 0 radical (unpaired) electrons. The minimum atomic E-state index is 0. The predicted molar refractivity (Wildman–Crippen MR) is 103 cm³/mol. The Bertz CT molecular complexity index is 356. The van der Waals surface area contributed by atoms with Gasteiger partial charge in [0.15, 0.2) is 5.96 Å². The fraction of sp³-hybridized carbons (Fsp3) is 0.938. The maximum atomic E-state index is 5.32. The number of likely N-dealkylation sites (tertiary alicyclic amines) is 1. The van der Waals surface area contributed by atoms with E-state index in [4.69, 9.17) is 9.73 Å². The molecule has 2 saturated heterocycles. The predicted octanol–water partition coefficient (Wildman–Crippen LogP) is 2.02. The molecule has 130 valence electrons. The number of guanidine groups is 1. The molecule has 0 spiro atoms. The van der Waals surface area contributed by atoms with Gasteiger partial charge in [-0.1, -0.05) is 20.8 Å². The Morgan fingerprint density at radius 2 is 2.00 bits per heavy atom. The van der Waals surface area contributed by atoms with Gasteiger partial charge in [-0.25, -0.2) is 0 Å². The summed E-state index contributed by atoms with van der Waals surface area (Å²) in [5.74, 6) is 1.08. The van der Waals surface area contributed by atoms with Gasteiger partial charge in [0.25, 0.3) is 0 Å². The van der Waals surface area contributed by atoms with Gasteiger partial charge in [0.1, 0.15) is 0 Å². The van der Waals surface area contributed by atoms with Gasteiger partial charge >= 0.3 is 0 Å². The van der Waals surface area contributed by atoms with Crippen molar-refractivity contribution in [2.45, 2.75) is 40.2 Å². The Morgan fingerprint density at radius 1 is 1.32 bits per heavy atom. The summed E-state index contributed by atoms with van der Waals surface area (Å²) in [7, 11) is 0. The Morgan fingerprint density at radius 3 is 2.50 bits per heavy atom. The van der Waals surface area contributed by atoms with E-state index in [1.807, 2.05) is 0 Å². The smallest absolute Gasteiger partial charge is 0.193 e. The summed E-state index contributed by atoms with van der Waals surface area (Å²) in [6, 6.07) is 0.673. The first-order valence-corrected chi connectivity index (χ1v) is 8.47. The first-order valence-electron chi connectivity index (χ1n) is 8.47. The molecular formula is C16H33IN4O. The lowest BCUT2D eigenvalue weighted by Crippen LogP contribution is -2.46. The summed E-state index contributed by atoms with van der Waals surface area (Å²) >= 11 is 0. The molecule has 2 aliphatic rings. The van der Waals surface area contributed by atoms with E-state index < -0.39 is 0 Å². The summed E-state index contributed by atoms with van der Waals surface area (Å²) in [5.41, 5.74) is 0.249. The molecule has 0 aromatic rings. The highest BCUT2D eigenvalue weighted by Gasteiger charge is 2.34. The zero-order valence-electron chi connectivity index (χ0n) is 14.6. The van der Waals surface area contributed by atoms with Crippen molar-refractivity contribution < 1.29 is 4.74 Å². The lowest BCUT2D eigenvalue weighted by atomic mass is 9.89. The number of aliphatic imine (C=N–C) groups is 1. The van der Waals surface area contributed by atoms with Crippen LogP contribution < -0.4 is 5.32 Å². The van der Waals surface area contributed by atoms with E-state index in [-0.39, 0.29) is 29.4 Å². The van der Waals surface area contributed by atoms with Crippen LogP contribution in [0.15, 0.2) is 4.99 Å². The van der Waals surface area contributed by atoms with Crippen LogP contribution in [-0.4, -0.2) is 74.3 Å². The Balaban J connectivity index is 0.00000242. The average Bonchev–Trinajstić information content (AvgIpc) is 2.92. The SMILES string of the molecule is CCNC(=NCC1(C)COC1)N1CCC(N(CC)CC)C1.I. The van der Waals surface area contributed by atoms with Crippen LogP contribution in [0, 0.1) is 5.41 Å². The van der Waals surface area contributed by atoms with Crippen molar-refractivity contribution in [3.63, 3.8) is 0 Å². The fourth-order valence-electron chi connectivity index (χ4n) is 3.21. The second-order valence-electron chi connectivity index (χ2n) is 6.58. The summed E-state index contributed by atoms with van der Waals surface area (Å²) in [4.78, 5) is 9.85. The topological polar surface area (TPSA) is 40.1 Å². The van der Waals surface area contributed by atoms with Crippen LogP contribution in [0.2, 0.25) is 0 Å². The van der Waals surface area contributed by atoms with Gasteiger partial charge in [-0.15, -0.1) is 24.0 Å². The molecule has 2 rings (SSSR count). The first-order chi connectivity index (χ1) is 10.1. The molecule has 0 aromatic heterocycles. The van der Waals surface area contributed by atoms with Crippen molar-refractivity contribution in [2.75, 3.05) is 52.5 Å². The summed E-state index contributed by atoms with van der Waals surface area (Å²) in [6.07, 6.45) is 1.24. The number of nitrogens with one attached hydrogen (secondary N) is 1. The quantitative estimate of drug-likeness (QED) is 0.403. The number of nitrogens with zero attached hydrogens (tertiary/aromatic N) is 3. The largest absolute Gasteiger partial charge is 0.380 e. The average molecular weight is 424 g/mol. The fourth-order valence-corrected chi connectivity index (χ4v) is 3.21. The van der Waals surface area contributed by atoms with Gasteiger partial charge in [-0.2, -0.15) is 0 Å². The van der Waals surface area contributed by atoms with Crippen molar-refractivity contribution in [3.8, 4) is 0 Å². The van der Waals surface area contributed by atoms with E-state index in [1.165, 1.54) is 6.42 Å². The van der Waals surface area contributed by atoms with Crippen molar-refractivity contribution >= 4 is 29.9 Å². The molecule has 0 aromatic carbocycles. The Hall–Kier alpha value is -0.0800. The highest BCUT2D eigenvalue weighted by molar-refractivity contribution is 14.0. The third-order valence-corrected chi connectivity index (χ3v) is 4.64. The van der Waals surface area contributed by atoms with Gasteiger partial charge in [-0.05, 0) is 26.4 Å². The molecule has 0 amide bonds. The minimum absolute atomic E-state index is 0. The zero-order valence-corrected chi connectivity index (χ0v) is 16.9. The maximum absolute atomic E-state index is 5.32. The Labute approximate surface area is 152 Å². The van der Waals surface area contributed by atoms with E-state index in [2.05, 4.69) is 42.8 Å². The number of halogens is 1. The van der Waals surface area contributed by atoms with Crippen LogP contribution >= 0.6 is 24.0 Å². The third-order valence-electron chi connectivity index (χ3n) is 4.64. The number of hydrogen-bond acceptors (Lipinski definition) is 3. The first kappa shape index (κ1) is 20.0.